The van der Waals surface area contributed by atoms with Crippen molar-refractivity contribution in [2.45, 2.75) is 0 Å². The topological polar surface area (TPSA) is 67.0 Å². The molecule has 0 unspecified atom stereocenters. The van der Waals surface area contributed by atoms with Crippen LogP contribution in [0.1, 0.15) is 10.4 Å². The second-order valence-electron chi connectivity index (χ2n) is 4.42. The van der Waals surface area contributed by atoms with Gasteiger partial charge in [0.1, 0.15) is 5.75 Å². The fourth-order valence-corrected chi connectivity index (χ4v) is 2.26. The molecule has 0 atom stereocenters. The van der Waals surface area contributed by atoms with E-state index in [1.807, 2.05) is 24.3 Å². The van der Waals surface area contributed by atoms with Crippen LogP contribution in [0.3, 0.4) is 0 Å². The fourth-order valence-electron chi connectivity index (χ4n) is 2.09. The average Bonchev–Trinajstić information content (AvgIpc) is 2.90. The summed E-state index contributed by atoms with van der Waals surface area (Å²) in [6.07, 6.45) is 0. The molecule has 1 amide bonds. The zero-order valence-corrected chi connectivity index (χ0v) is 11.9. The van der Waals surface area contributed by atoms with Crippen LogP contribution in [0.25, 0.3) is 10.9 Å². The molecule has 2 aromatic carbocycles. The average molecular weight is 302 g/mol. The van der Waals surface area contributed by atoms with Gasteiger partial charge < -0.3 is 10.1 Å². The molecule has 0 aliphatic rings. The molecular weight excluding hydrogens is 290 g/mol. The van der Waals surface area contributed by atoms with Crippen LogP contribution in [0.15, 0.2) is 42.5 Å². The normalized spacial score (nSPS) is 10.6. The van der Waals surface area contributed by atoms with Crippen molar-refractivity contribution < 1.29 is 9.53 Å². The lowest BCUT2D eigenvalue weighted by Crippen LogP contribution is -2.13. The first-order chi connectivity index (χ1) is 10.2. The number of aromatic amines is 1. The van der Waals surface area contributed by atoms with Crippen molar-refractivity contribution in [1.29, 1.82) is 0 Å². The lowest BCUT2D eigenvalue weighted by molar-refractivity contribution is 0.102. The number of H-pyrrole nitrogens is 1. The molecule has 0 bridgehead atoms. The van der Waals surface area contributed by atoms with E-state index in [4.69, 9.17) is 16.3 Å². The first-order valence-corrected chi connectivity index (χ1v) is 6.65. The molecule has 3 rings (SSSR count). The Hall–Kier alpha value is -2.53. The van der Waals surface area contributed by atoms with Crippen LogP contribution in [0.4, 0.5) is 5.82 Å². The zero-order chi connectivity index (χ0) is 14.8. The summed E-state index contributed by atoms with van der Waals surface area (Å²) < 4.78 is 5.18. The fraction of sp³-hybridized carbons (Fsp3) is 0.0667. The number of carbonyl (C=O) groups is 1. The summed E-state index contributed by atoms with van der Waals surface area (Å²) in [6, 6.07) is 12.4. The van der Waals surface area contributed by atoms with Gasteiger partial charge >= 0.3 is 0 Å². The molecule has 5 nitrogen and oxygen atoms in total. The summed E-state index contributed by atoms with van der Waals surface area (Å²) in [4.78, 5) is 12.4. The Bertz CT molecular complexity index is 814. The highest BCUT2D eigenvalue weighted by Crippen LogP contribution is 2.25. The minimum absolute atomic E-state index is 0.327. The summed E-state index contributed by atoms with van der Waals surface area (Å²) in [5.74, 6) is 0.598. The van der Waals surface area contributed by atoms with Gasteiger partial charge in [-0.05, 0) is 30.3 Å². The van der Waals surface area contributed by atoms with Gasteiger partial charge in [0.15, 0.2) is 5.82 Å². The Labute approximate surface area is 125 Å². The number of fused-ring (bicyclic) bond motifs is 1. The van der Waals surface area contributed by atoms with E-state index in [0.717, 1.165) is 10.9 Å². The van der Waals surface area contributed by atoms with Crippen molar-refractivity contribution in [3.63, 3.8) is 0 Å². The van der Waals surface area contributed by atoms with Gasteiger partial charge in [-0.25, -0.2) is 0 Å². The number of aromatic nitrogens is 2. The van der Waals surface area contributed by atoms with E-state index in [-0.39, 0.29) is 5.91 Å². The molecule has 1 heterocycles. The van der Waals surface area contributed by atoms with Gasteiger partial charge in [-0.15, -0.1) is 0 Å². The SMILES string of the molecule is COc1ccc(Cl)cc1C(=O)Nc1n[nH]c2ccccc12. The van der Waals surface area contributed by atoms with E-state index in [9.17, 15) is 4.79 Å². The maximum Gasteiger partial charge on any atom is 0.260 e. The Morgan fingerprint density at radius 3 is 2.90 bits per heavy atom. The number of amides is 1. The second kappa shape index (κ2) is 5.46. The van der Waals surface area contributed by atoms with Gasteiger partial charge in [-0.1, -0.05) is 23.7 Å². The molecule has 2 N–H and O–H groups in total. The van der Waals surface area contributed by atoms with Gasteiger partial charge in [0.05, 0.1) is 18.2 Å². The van der Waals surface area contributed by atoms with Crippen LogP contribution < -0.4 is 10.1 Å². The molecule has 0 saturated heterocycles. The number of benzene rings is 2. The smallest absolute Gasteiger partial charge is 0.260 e. The van der Waals surface area contributed by atoms with Crippen molar-refractivity contribution in [3.8, 4) is 5.75 Å². The standard InChI is InChI=1S/C15H12ClN3O2/c1-21-13-7-6-9(16)8-11(13)15(20)17-14-10-4-2-3-5-12(10)18-19-14/h2-8H,1H3,(H2,17,18,19,20). The molecule has 0 aliphatic heterocycles. The predicted octanol–water partition coefficient (Wildman–Crippen LogP) is 3.48. The summed E-state index contributed by atoms with van der Waals surface area (Å²) in [5.41, 5.74) is 1.21. The third-order valence-electron chi connectivity index (χ3n) is 3.11. The molecule has 0 radical (unpaired) electrons. The zero-order valence-electron chi connectivity index (χ0n) is 11.2. The summed E-state index contributed by atoms with van der Waals surface area (Å²) >= 11 is 5.94. The maximum absolute atomic E-state index is 12.4. The van der Waals surface area contributed by atoms with E-state index in [0.29, 0.717) is 22.2 Å². The van der Waals surface area contributed by atoms with Crippen LogP contribution in [0.2, 0.25) is 5.02 Å². The Morgan fingerprint density at radius 2 is 2.10 bits per heavy atom. The molecule has 1 aromatic heterocycles. The summed E-state index contributed by atoms with van der Waals surface area (Å²) in [5, 5.41) is 11.0. The van der Waals surface area contributed by atoms with Crippen LogP contribution in [0.5, 0.6) is 5.75 Å². The number of anilines is 1. The Morgan fingerprint density at radius 1 is 1.29 bits per heavy atom. The molecule has 0 saturated carbocycles. The van der Waals surface area contributed by atoms with Gasteiger partial charge in [0.25, 0.3) is 5.91 Å². The molecule has 6 heteroatoms. The van der Waals surface area contributed by atoms with Crippen LogP contribution in [-0.4, -0.2) is 23.2 Å². The number of ether oxygens (including phenoxy) is 1. The van der Waals surface area contributed by atoms with Crippen molar-refractivity contribution >= 4 is 34.2 Å². The molecule has 3 aromatic rings. The molecule has 21 heavy (non-hydrogen) atoms. The van der Waals surface area contributed by atoms with E-state index < -0.39 is 0 Å². The van der Waals surface area contributed by atoms with E-state index in [2.05, 4.69) is 15.5 Å². The number of rotatable bonds is 3. The molecule has 0 fully saturated rings. The minimum Gasteiger partial charge on any atom is -0.496 e. The summed E-state index contributed by atoms with van der Waals surface area (Å²) in [6.45, 7) is 0. The number of nitrogens with one attached hydrogen (secondary N) is 2. The van der Waals surface area contributed by atoms with Gasteiger partial charge in [-0.3, -0.25) is 9.89 Å². The number of carbonyl (C=O) groups excluding carboxylic acids is 1. The first-order valence-electron chi connectivity index (χ1n) is 6.27. The quantitative estimate of drug-likeness (QED) is 0.778. The highest BCUT2D eigenvalue weighted by atomic mass is 35.5. The van der Waals surface area contributed by atoms with Crippen LogP contribution in [0, 0.1) is 0 Å². The maximum atomic E-state index is 12.4. The van der Waals surface area contributed by atoms with E-state index in [1.54, 1.807) is 18.2 Å². The third-order valence-corrected chi connectivity index (χ3v) is 3.34. The largest absolute Gasteiger partial charge is 0.496 e. The monoisotopic (exact) mass is 301 g/mol. The number of hydrogen-bond acceptors (Lipinski definition) is 3. The van der Waals surface area contributed by atoms with E-state index >= 15 is 0 Å². The van der Waals surface area contributed by atoms with Crippen molar-refractivity contribution in [2.24, 2.45) is 0 Å². The number of nitrogens with zero attached hydrogens (tertiary/aromatic N) is 1. The molecule has 0 spiro atoms. The van der Waals surface area contributed by atoms with E-state index in [1.165, 1.54) is 7.11 Å². The Balaban J connectivity index is 1.95. The van der Waals surface area contributed by atoms with Crippen molar-refractivity contribution in [3.05, 3.63) is 53.1 Å². The van der Waals surface area contributed by atoms with Crippen LogP contribution >= 0.6 is 11.6 Å². The second-order valence-corrected chi connectivity index (χ2v) is 4.85. The molecule has 106 valence electrons. The highest BCUT2D eigenvalue weighted by Gasteiger charge is 2.15. The summed E-state index contributed by atoms with van der Waals surface area (Å²) in [7, 11) is 1.50. The Kier molecular flexibility index (Phi) is 3.50. The predicted molar refractivity (Wildman–Crippen MR) is 82.1 cm³/mol. The van der Waals surface area contributed by atoms with Gasteiger partial charge in [-0.2, -0.15) is 5.10 Å². The lowest BCUT2D eigenvalue weighted by Gasteiger charge is -2.08. The number of para-hydroxylation sites is 1. The number of methoxy groups -OCH3 is 1. The highest BCUT2D eigenvalue weighted by molar-refractivity contribution is 6.31. The molecule has 0 aliphatic carbocycles. The van der Waals surface area contributed by atoms with Crippen LogP contribution in [-0.2, 0) is 0 Å². The van der Waals surface area contributed by atoms with Crippen molar-refractivity contribution in [2.75, 3.05) is 12.4 Å². The minimum atomic E-state index is -0.327. The number of halogens is 1. The lowest BCUT2D eigenvalue weighted by atomic mass is 10.2. The first kappa shape index (κ1) is 13.5. The van der Waals surface area contributed by atoms with Gasteiger partial charge in [0, 0.05) is 10.4 Å². The molecular formula is C15H12ClN3O2. The van der Waals surface area contributed by atoms with Gasteiger partial charge in [0.2, 0.25) is 0 Å². The van der Waals surface area contributed by atoms with Crippen molar-refractivity contribution in [1.82, 2.24) is 10.2 Å². The third kappa shape index (κ3) is 2.55. The number of hydrogen-bond donors (Lipinski definition) is 2.